The number of nitrogens with one attached hydrogen (secondary N) is 2. The molecule has 0 saturated heterocycles. The van der Waals surface area contributed by atoms with Crippen LogP contribution in [0.25, 0.3) is 0 Å². The van der Waals surface area contributed by atoms with Gasteiger partial charge < -0.3 is 15.0 Å². The van der Waals surface area contributed by atoms with Gasteiger partial charge in [-0.15, -0.1) is 0 Å². The van der Waals surface area contributed by atoms with Gasteiger partial charge in [-0.25, -0.2) is 4.79 Å². The normalized spacial score (nSPS) is 16.4. The molecule has 0 fully saturated rings. The van der Waals surface area contributed by atoms with Crippen molar-refractivity contribution < 1.29 is 14.3 Å². The zero-order valence-electron chi connectivity index (χ0n) is 14.5. The van der Waals surface area contributed by atoms with E-state index in [1.165, 1.54) is 0 Å². The lowest BCUT2D eigenvalue weighted by atomic mass is 10.0. The van der Waals surface area contributed by atoms with Crippen molar-refractivity contribution in [2.24, 2.45) is 0 Å². The summed E-state index contributed by atoms with van der Waals surface area (Å²) in [5.41, 5.74) is 2.38. The molecule has 1 atom stereocenters. The van der Waals surface area contributed by atoms with Gasteiger partial charge in [0.05, 0.1) is 16.6 Å². The van der Waals surface area contributed by atoms with Crippen LogP contribution in [0.3, 0.4) is 0 Å². The number of amides is 1. The highest BCUT2D eigenvalue weighted by Gasteiger charge is 2.27. The molecule has 132 valence electrons. The molecule has 1 aromatic heterocycles. The Morgan fingerprint density at radius 1 is 1.28 bits per heavy atom. The molecule has 0 spiro atoms. The predicted molar refractivity (Wildman–Crippen MR) is 95.9 cm³/mol. The van der Waals surface area contributed by atoms with Crippen LogP contribution in [0, 0.1) is 0 Å². The van der Waals surface area contributed by atoms with Crippen molar-refractivity contribution in [3.8, 4) is 0 Å². The minimum Gasteiger partial charge on any atom is -0.456 e. The fourth-order valence-electron chi connectivity index (χ4n) is 2.97. The number of hydrogen-bond acceptors (Lipinski definition) is 3. The van der Waals surface area contributed by atoms with Crippen molar-refractivity contribution in [2.45, 2.75) is 45.3 Å². The van der Waals surface area contributed by atoms with Gasteiger partial charge >= 0.3 is 5.97 Å². The Labute approximate surface area is 151 Å². The Kier molecular flexibility index (Phi) is 4.60. The van der Waals surface area contributed by atoms with Gasteiger partial charge in [0.1, 0.15) is 11.3 Å². The van der Waals surface area contributed by atoms with Gasteiger partial charge in [0.2, 0.25) is 0 Å². The van der Waals surface area contributed by atoms with Crippen LogP contribution in [-0.4, -0.2) is 22.5 Å². The van der Waals surface area contributed by atoms with Crippen molar-refractivity contribution in [3.63, 3.8) is 0 Å². The topological polar surface area (TPSA) is 71.2 Å². The SMILES string of the molecule is CC(C)(C)OC(=O)c1ccc2c(c1)C(NC(=O)c1[nH]ccc1Cl)CC2. The Morgan fingerprint density at radius 2 is 2.04 bits per heavy atom. The largest absolute Gasteiger partial charge is 0.456 e. The molecule has 1 aliphatic rings. The number of aryl methyl sites for hydroxylation is 1. The molecule has 0 radical (unpaired) electrons. The maximum atomic E-state index is 12.4. The lowest BCUT2D eigenvalue weighted by Crippen LogP contribution is -2.28. The number of fused-ring (bicyclic) bond motifs is 1. The van der Waals surface area contributed by atoms with E-state index in [4.69, 9.17) is 16.3 Å². The first-order chi connectivity index (χ1) is 11.7. The standard InChI is InChI=1S/C19H21ClN2O3/c1-19(2,3)25-18(24)12-5-4-11-6-7-15(13(11)10-12)22-17(23)16-14(20)8-9-21-16/h4-5,8-10,15,21H,6-7H2,1-3H3,(H,22,23). The molecule has 2 N–H and O–H groups in total. The zero-order chi connectivity index (χ0) is 18.2. The van der Waals surface area contributed by atoms with E-state index in [1.54, 1.807) is 18.3 Å². The Balaban J connectivity index is 1.79. The van der Waals surface area contributed by atoms with Crippen LogP contribution in [0.1, 0.15) is 65.2 Å². The van der Waals surface area contributed by atoms with E-state index >= 15 is 0 Å². The highest BCUT2D eigenvalue weighted by Crippen LogP contribution is 2.32. The molecule has 1 heterocycles. The van der Waals surface area contributed by atoms with Crippen molar-refractivity contribution in [2.75, 3.05) is 0 Å². The molecule has 5 nitrogen and oxygen atoms in total. The van der Waals surface area contributed by atoms with Crippen molar-refractivity contribution in [1.82, 2.24) is 10.3 Å². The maximum Gasteiger partial charge on any atom is 0.338 e. The van der Waals surface area contributed by atoms with Gasteiger partial charge in [-0.05, 0) is 62.9 Å². The number of aromatic nitrogens is 1. The first-order valence-electron chi connectivity index (χ1n) is 8.24. The average Bonchev–Trinajstić information content (AvgIpc) is 3.11. The first-order valence-corrected chi connectivity index (χ1v) is 8.62. The van der Waals surface area contributed by atoms with E-state index in [2.05, 4.69) is 10.3 Å². The van der Waals surface area contributed by atoms with Gasteiger partial charge in [0.25, 0.3) is 5.91 Å². The number of carbonyl (C=O) groups is 2. The average molecular weight is 361 g/mol. The van der Waals surface area contributed by atoms with Crippen LogP contribution in [0.4, 0.5) is 0 Å². The quantitative estimate of drug-likeness (QED) is 0.811. The summed E-state index contributed by atoms with van der Waals surface area (Å²) in [6, 6.07) is 7.02. The molecule has 2 aromatic rings. The smallest absolute Gasteiger partial charge is 0.338 e. The fourth-order valence-corrected chi connectivity index (χ4v) is 3.17. The van der Waals surface area contributed by atoms with E-state index in [-0.39, 0.29) is 17.9 Å². The molecule has 3 rings (SSSR count). The fraction of sp³-hybridized carbons (Fsp3) is 0.368. The summed E-state index contributed by atoms with van der Waals surface area (Å²) in [6.45, 7) is 5.50. The van der Waals surface area contributed by atoms with E-state index in [1.807, 2.05) is 32.9 Å². The third-order valence-corrected chi connectivity index (χ3v) is 4.40. The summed E-state index contributed by atoms with van der Waals surface area (Å²) in [6.07, 6.45) is 3.27. The molecule has 25 heavy (non-hydrogen) atoms. The number of H-pyrrole nitrogens is 1. The third kappa shape index (κ3) is 3.87. The Bertz CT molecular complexity index is 820. The summed E-state index contributed by atoms with van der Waals surface area (Å²) < 4.78 is 5.43. The molecule has 1 unspecified atom stereocenters. The minimum atomic E-state index is -0.548. The molecule has 0 aliphatic heterocycles. The Morgan fingerprint density at radius 3 is 2.68 bits per heavy atom. The predicted octanol–water partition coefficient (Wildman–Crippen LogP) is 4.04. The molecule has 1 aliphatic carbocycles. The Hall–Kier alpha value is -2.27. The summed E-state index contributed by atoms with van der Waals surface area (Å²) in [4.78, 5) is 27.5. The minimum absolute atomic E-state index is 0.149. The van der Waals surface area contributed by atoms with Crippen molar-refractivity contribution in [1.29, 1.82) is 0 Å². The monoisotopic (exact) mass is 360 g/mol. The molecule has 1 amide bonds. The van der Waals surface area contributed by atoms with Gasteiger partial charge in [-0.1, -0.05) is 17.7 Å². The molecule has 1 aromatic carbocycles. The highest BCUT2D eigenvalue weighted by atomic mass is 35.5. The molecular weight excluding hydrogens is 340 g/mol. The van der Waals surface area contributed by atoms with E-state index in [9.17, 15) is 9.59 Å². The number of aromatic amines is 1. The number of carbonyl (C=O) groups excluding carboxylic acids is 2. The lowest BCUT2D eigenvalue weighted by molar-refractivity contribution is 0.00693. The zero-order valence-corrected chi connectivity index (χ0v) is 15.2. The van der Waals surface area contributed by atoms with Crippen molar-refractivity contribution >= 4 is 23.5 Å². The van der Waals surface area contributed by atoms with Crippen LogP contribution in [0.2, 0.25) is 5.02 Å². The van der Waals surface area contributed by atoms with Crippen LogP contribution < -0.4 is 5.32 Å². The van der Waals surface area contributed by atoms with Gasteiger partial charge in [-0.2, -0.15) is 0 Å². The third-order valence-electron chi connectivity index (χ3n) is 4.09. The summed E-state index contributed by atoms with van der Waals surface area (Å²) in [5, 5.41) is 3.37. The number of benzene rings is 1. The number of esters is 1. The van der Waals surface area contributed by atoms with Gasteiger partial charge in [0, 0.05) is 6.20 Å². The molecule has 6 heteroatoms. The second kappa shape index (κ2) is 6.56. The van der Waals surface area contributed by atoms with E-state index in [0.29, 0.717) is 16.3 Å². The van der Waals surface area contributed by atoms with Crippen LogP contribution in [0.15, 0.2) is 30.5 Å². The van der Waals surface area contributed by atoms with E-state index < -0.39 is 5.60 Å². The number of halogens is 1. The first kappa shape index (κ1) is 17.5. The lowest BCUT2D eigenvalue weighted by Gasteiger charge is -2.20. The van der Waals surface area contributed by atoms with Crippen molar-refractivity contribution in [3.05, 3.63) is 57.9 Å². The molecule has 0 saturated carbocycles. The second-order valence-corrected chi connectivity index (χ2v) is 7.59. The second-order valence-electron chi connectivity index (χ2n) is 7.18. The van der Waals surface area contributed by atoms with E-state index in [0.717, 1.165) is 24.0 Å². The summed E-state index contributed by atoms with van der Waals surface area (Å²) in [7, 11) is 0. The number of ether oxygens (including phenoxy) is 1. The highest BCUT2D eigenvalue weighted by molar-refractivity contribution is 6.33. The molecular formula is C19H21ClN2O3. The maximum absolute atomic E-state index is 12.4. The van der Waals surface area contributed by atoms with Crippen LogP contribution in [0.5, 0.6) is 0 Å². The van der Waals surface area contributed by atoms with Gasteiger partial charge in [-0.3, -0.25) is 4.79 Å². The summed E-state index contributed by atoms with van der Waals surface area (Å²) in [5.74, 6) is -0.616. The van der Waals surface area contributed by atoms with Gasteiger partial charge in [0.15, 0.2) is 0 Å². The number of rotatable bonds is 3. The summed E-state index contributed by atoms with van der Waals surface area (Å²) >= 11 is 6.00. The number of hydrogen-bond donors (Lipinski definition) is 2. The van der Waals surface area contributed by atoms with Crippen LogP contribution >= 0.6 is 11.6 Å². The van der Waals surface area contributed by atoms with Crippen LogP contribution in [-0.2, 0) is 11.2 Å². The molecule has 0 bridgehead atoms.